The number of likely N-dealkylation sites (tertiary alicyclic amines) is 1. The topological polar surface area (TPSA) is 123 Å². The summed E-state index contributed by atoms with van der Waals surface area (Å²) in [6.45, 7) is 0.922. The van der Waals surface area contributed by atoms with Crippen molar-refractivity contribution in [3.8, 4) is 5.75 Å². The highest BCUT2D eigenvalue weighted by atomic mass is 35.5. The number of carbonyl (C=O) groups is 3. The first-order valence-electron chi connectivity index (χ1n) is 11.2. The monoisotopic (exact) mass is 483 g/mol. The Kier molecular flexibility index (Phi) is 7.07. The highest BCUT2D eigenvalue weighted by Gasteiger charge is 2.26. The first-order valence-corrected chi connectivity index (χ1v) is 11.6. The molecule has 0 radical (unpaired) electrons. The summed E-state index contributed by atoms with van der Waals surface area (Å²) in [6.07, 6.45) is 2.27. The van der Waals surface area contributed by atoms with Gasteiger partial charge in [-0.25, -0.2) is 0 Å². The zero-order valence-corrected chi connectivity index (χ0v) is 19.3. The Hall–Kier alpha value is -3.52. The number of carboxylic acids is 1. The Morgan fingerprint density at radius 3 is 2.62 bits per heavy atom. The Balaban J connectivity index is 1.33. The summed E-state index contributed by atoms with van der Waals surface area (Å²) in [5, 5.41) is 23.9. The number of rotatable bonds is 7. The molecular formula is C25H26ClN3O5. The summed E-state index contributed by atoms with van der Waals surface area (Å²) in [6, 6.07) is 12.1. The molecule has 4 N–H and O–H groups in total. The van der Waals surface area contributed by atoms with E-state index in [4.69, 9.17) is 16.7 Å². The molecule has 1 aliphatic rings. The Morgan fingerprint density at radius 2 is 1.88 bits per heavy atom. The van der Waals surface area contributed by atoms with Crippen LogP contribution in [0.1, 0.15) is 41.7 Å². The van der Waals surface area contributed by atoms with Gasteiger partial charge in [0, 0.05) is 35.4 Å². The highest BCUT2D eigenvalue weighted by molar-refractivity contribution is 6.31. The van der Waals surface area contributed by atoms with Crippen molar-refractivity contribution in [3.05, 3.63) is 58.7 Å². The number of carbonyl (C=O) groups excluding carboxylic acids is 2. The number of aromatic nitrogens is 1. The minimum atomic E-state index is -0.802. The van der Waals surface area contributed by atoms with Crippen molar-refractivity contribution < 1.29 is 24.6 Å². The molecule has 0 aliphatic carbocycles. The number of fused-ring (bicyclic) bond motifs is 1. The van der Waals surface area contributed by atoms with Gasteiger partial charge < -0.3 is 25.4 Å². The van der Waals surface area contributed by atoms with E-state index >= 15 is 0 Å². The van der Waals surface area contributed by atoms with Gasteiger partial charge >= 0.3 is 5.97 Å². The van der Waals surface area contributed by atoms with Gasteiger partial charge in [-0.05, 0) is 61.6 Å². The quantitative estimate of drug-likeness (QED) is 0.370. The number of H-pyrrole nitrogens is 1. The number of benzene rings is 2. The molecule has 0 bridgehead atoms. The number of hydrogen-bond donors (Lipinski definition) is 4. The molecule has 4 rings (SSSR count). The number of halogens is 1. The van der Waals surface area contributed by atoms with Crippen LogP contribution < -0.4 is 5.32 Å². The van der Waals surface area contributed by atoms with Gasteiger partial charge in [0.25, 0.3) is 5.91 Å². The lowest BCUT2D eigenvalue weighted by atomic mass is 9.96. The van der Waals surface area contributed by atoms with Crippen LogP contribution in [0.25, 0.3) is 10.9 Å². The Bertz CT molecular complexity index is 1230. The van der Waals surface area contributed by atoms with Crippen molar-refractivity contribution in [3.63, 3.8) is 0 Å². The number of anilines is 1. The molecule has 9 heteroatoms. The number of hydrogen-bond acceptors (Lipinski definition) is 4. The van der Waals surface area contributed by atoms with E-state index in [0.29, 0.717) is 67.2 Å². The molecule has 1 saturated heterocycles. The molecular weight excluding hydrogens is 458 g/mol. The third-order valence-corrected chi connectivity index (χ3v) is 6.46. The molecule has 0 atom stereocenters. The number of phenols is 1. The number of aliphatic carboxylic acids is 1. The van der Waals surface area contributed by atoms with E-state index in [0.717, 1.165) is 10.9 Å². The van der Waals surface area contributed by atoms with Crippen LogP contribution in [0.15, 0.2) is 42.5 Å². The lowest BCUT2D eigenvalue weighted by Crippen LogP contribution is -2.40. The molecule has 0 unspecified atom stereocenters. The van der Waals surface area contributed by atoms with Crippen LogP contribution in [0.3, 0.4) is 0 Å². The van der Waals surface area contributed by atoms with Crippen molar-refractivity contribution in [2.24, 2.45) is 5.92 Å². The summed E-state index contributed by atoms with van der Waals surface area (Å²) in [5.41, 5.74) is 2.06. The number of para-hydroxylation sites is 1. The zero-order chi connectivity index (χ0) is 24.2. The number of piperidine rings is 1. The fourth-order valence-electron chi connectivity index (χ4n) is 4.27. The van der Waals surface area contributed by atoms with Crippen LogP contribution in [0.2, 0.25) is 5.02 Å². The lowest BCUT2D eigenvalue weighted by Gasteiger charge is -2.30. The van der Waals surface area contributed by atoms with E-state index < -0.39 is 5.97 Å². The predicted octanol–water partition coefficient (Wildman–Crippen LogP) is 4.43. The number of aryl methyl sites for hydroxylation is 1. The predicted molar refractivity (Wildman–Crippen MR) is 129 cm³/mol. The first-order chi connectivity index (χ1) is 16.3. The molecule has 8 nitrogen and oxygen atoms in total. The summed E-state index contributed by atoms with van der Waals surface area (Å²) >= 11 is 6.01. The third kappa shape index (κ3) is 5.34. The molecule has 1 fully saturated rings. The molecule has 1 aromatic heterocycles. The van der Waals surface area contributed by atoms with Gasteiger partial charge in [-0.1, -0.05) is 23.7 Å². The van der Waals surface area contributed by atoms with E-state index in [9.17, 15) is 19.5 Å². The van der Waals surface area contributed by atoms with Crippen LogP contribution in [-0.2, 0) is 16.0 Å². The third-order valence-electron chi connectivity index (χ3n) is 6.23. The maximum Gasteiger partial charge on any atom is 0.306 e. The van der Waals surface area contributed by atoms with Gasteiger partial charge in [0.2, 0.25) is 5.91 Å². The second kappa shape index (κ2) is 10.2. The molecule has 34 heavy (non-hydrogen) atoms. The van der Waals surface area contributed by atoms with Crippen molar-refractivity contribution in [2.45, 2.75) is 32.1 Å². The molecule has 2 aromatic carbocycles. The molecule has 2 amide bonds. The average molecular weight is 484 g/mol. The number of aromatic hydroxyl groups is 1. The Labute approximate surface area is 201 Å². The summed E-state index contributed by atoms with van der Waals surface area (Å²) in [5.74, 6) is -1.60. The SMILES string of the molecule is O=C(Nc1cccc(CCCC(=O)N2CCC(C(=O)O)CC2)c1O)c1cc2cc(Cl)ccc2[nH]1. The highest BCUT2D eigenvalue weighted by Crippen LogP contribution is 2.30. The number of phenolic OH excluding ortho intramolecular Hbond substituents is 1. The van der Waals surface area contributed by atoms with Gasteiger partial charge in [0.05, 0.1) is 11.6 Å². The number of nitrogens with one attached hydrogen (secondary N) is 2. The van der Waals surface area contributed by atoms with Crippen LogP contribution in [-0.4, -0.2) is 51.0 Å². The van der Waals surface area contributed by atoms with E-state index in [1.54, 1.807) is 47.4 Å². The van der Waals surface area contributed by atoms with Crippen molar-refractivity contribution in [1.82, 2.24) is 9.88 Å². The minimum Gasteiger partial charge on any atom is -0.505 e. The van der Waals surface area contributed by atoms with Gasteiger partial charge in [-0.15, -0.1) is 0 Å². The molecule has 2 heterocycles. The molecule has 3 aromatic rings. The van der Waals surface area contributed by atoms with Crippen molar-refractivity contribution in [1.29, 1.82) is 0 Å². The van der Waals surface area contributed by atoms with E-state index in [1.165, 1.54) is 0 Å². The molecule has 0 saturated carbocycles. The van der Waals surface area contributed by atoms with Gasteiger partial charge in [-0.3, -0.25) is 14.4 Å². The smallest absolute Gasteiger partial charge is 0.306 e. The molecule has 1 aliphatic heterocycles. The summed E-state index contributed by atoms with van der Waals surface area (Å²) in [7, 11) is 0. The maximum atomic E-state index is 12.7. The van der Waals surface area contributed by atoms with Crippen LogP contribution >= 0.6 is 11.6 Å². The number of nitrogens with zero attached hydrogens (tertiary/aromatic N) is 1. The summed E-state index contributed by atoms with van der Waals surface area (Å²) < 4.78 is 0. The standard InChI is InChI=1S/C25H26ClN3O5/c26-18-7-8-19-17(13-18)14-21(27-19)24(32)28-20-5-1-3-15(23(20)31)4-2-6-22(30)29-11-9-16(10-12-29)25(33)34/h1,3,5,7-8,13-14,16,27,31H,2,4,6,9-12H2,(H,28,32)(H,33,34). The van der Waals surface area contributed by atoms with Crippen molar-refractivity contribution >= 4 is 46.0 Å². The van der Waals surface area contributed by atoms with Crippen LogP contribution in [0, 0.1) is 5.92 Å². The normalized spacial score (nSPS) is 14.3. The fraction of sp³-hybridized carbons (Fsp3) is 0.320. The maximum absolute atomic E-state index is 12.7. The first kappa shape index (κ1) is 23.6. The van der Waals surface area contributed by atoms with Crippen molar-refractivity contribution in [2.75, 3.05) is 18.4 Å². The number of amides is 2. The van der Waals surface area contributed by atoms with Gasteiger partial charge in [0.1, 0.15) is 11.4 Å². The van der Waals surface area contributed by atoms with Gasteiger partial charge in [-0.2, -0.15) is 0 Å². The van der Waals surface area contributed by atoms with E-state index in [1.807, 2.05) is 0 Å². The van der Waals surface area contributed by atoms with Crippen LogP contribution in [0.5, 0.6) is 5.75 Å². The lowest BCUT2D eigenvalue weighted by molar-refractivity contribution is -0.145. The number of aromatic amines is 1. The molecule has 178 valence electrons. The summed E-state index contributed by atoms with van der Waals surface area (Å²) in [4.78, 5) is 41.0. The van der Waals surface area contributed by atoms with Crippen LogP contribution in [0.4, 0.5) is 5.69 Å². The van der Waals surface area contributed by atoms with Gasteiger partial charge in [0.15, 0.2) is 0 Å². The molecule has 0 spiro atoms. The zero-order valence-electron chi connectivity index (χ0n) is 18.5. The Morgan fingerprint density at radius 1 is 1.12 bits per heavy atom. The second-order valence-electron chi connectivity index (χ2n) is 8.53. The largest absolute Gasteiger partial charge is 0.505 e. The second-order valence-corrected chi connectivity index (χ2v) is 8.97. The van der Waals surface area contributed by atoms with E-state index in [-0.39, 0.29) is 23.5 Å². The van der Waals surface area contributed by atoms with E-state index in [2.05, 4.69) is 10.3 Å². The average Bonchev–Trinajstić information content (AvgIpc) is 3.24. The number of carboxylic acid groups (broad SMARTS) is 1. The minimum absolute atomic E-state index is 0.00768. The fourth-order valence-corrected chi connectivity index (χ4v) is 4.45.